The molecular formula is C10H7F3N2O. The van der Waals surface area contributed by atoms with E-state index >= 15 is 0 Å². The van der Waals surface area contributed by atoms with Gasteiger partial charge in [-0.1, -0.05) is 0 Å². The van der Waals surface area contributed by atoms with Gasteiger partial charge in [-0.2, -0.15) is 18.3 Å². The first-order valence-corrected chi connectivity index (χ1v) is 4.39. The lowest BCUT2D eigenvalue weighted by atomic mass is 10.2. The van der Waals surface area contributed by atoms with Gasteiger partial charge in [-0.25, -0.2) is 4.68 Å². The summed E-state index contributed by atoms with van der Waals surface area (Å²) < 4.78 is 37.9. The fourth-order valence-electron chi connectivity index (χ4n) is 1.29. The second kappa shape index (κ2) is 3.55. The maximum atomic E-state index is 12.3. The van der Waals surface area contributed by atoms with E-state index in [1.807, 2.05) is 0 Å². The number of hydrogen-bond acceptors (Lipinski definition) is 2. The highest BCUT2D eigenvalue weighted by atomic mass is 19.4. The Labute approximate surface area is 88.8 Å². The molecule has 0 unspecified atom stereocenters. The Morgan fingerprint density at radius 1 is 1.06 bits per heavy atom. The monoisotopic (exact) mass is 228 g/mol. The summed E-state index contributed by atoms with van der Waals surface area (Å²) in [5, 5.41) is 13.1. The van der Waals surface area contributed by atoms with Crippen molar-refractivity contribution in [2.75, 3.05) is 0 Å². The van der Waals surface area contributed by atoms with Crippen LogP contribution < -0.4 is 0 Å². The third-order valence-corrected chi connectivity index (χ3v) is 2.06. The average molecular weight is 228 g/mol. The van der Waals surface area contributed by atoms with Crippen LogP contribution in [-0.4, -0.2) is 14.9 Å². The summed E-state index contributed by atoms with van der Waals surface area (Å²) in [6.45, 7) is 0. The van der Waals surface area contributed by atoms with Crippen LogP contribution in [0.1, 0.15) is 5.56 Å². The lowest BCUT2D eigenvalue weighted by Gasteiger charge is -2.07. The van der Waals surface area contributed by atoms with E-state index in [2.05, 4.69) is 5.10 Å². The van der Waals surface area contributed by atoms with Gasteiger partial charge in [0.25, 0.3) is 0 Å². The van der Waals surface area contributed by atoms with E-state index in [-0.39, 0.29) is 5.88 Å². The minimum absolute atomic E-state index is 0.125. The van der Waals surface area contributed by atoms with E-state index in [0.717, 1.165) is 16.8 Å². The molecule has 0 amide bonds. The number of rotatable bonds is 1. The van der Waals surface area contributed by atoms with Gasteiger partial charge in [-0.15, -0.1) is 0 Å². The molecule has 0 saturated carbocycles. The number of aromatic hydroxyl groups is 1. The molecule has 1 aromatic heterocycles. The Morgan fingerprint density at radius 3 is 2.12 bits per heavy atom. The van der Waals surface area contributed by atoms with Crippen molar-refractivity contribution in [2.45, 2.75) is 6.18 Å². The Balaban J connectivity index is 2.37. The molecule has 0 atom stereocenters. The van der Waals surface area contributed by atoms with Crippen LogP contribution in [0.2, 0.25) is 0 Å². The maximum absolute atomic E-state index is 12.3. The first-order valence-electron chi connectivity index (χ1n) is 4.39. The lowest BCUT2D eigenvalue weighted by molar-refractivity contribution is -0.137. The van der Waals surface area contributed by atoms with Crippen LogP contribution in [0.25, 0.3) is 5.69 Å². The number of halogens is 3. The van der Waals surface area contributed by atoms with E-state index in [9.17, 15) is 18.3 Å². The fourth-order valence-corrected chi connectivity index (χ4v) is 1.29. The van der Waals surface area contributed by atoms with Crippen molar-refractivity contribution < 1.29 is 18.3 Å². The molecule has 1 heterocycles. The van der Waals surface area contributed by atoms with Gasteiger partial charge in [0.2, 0.25) is 5.88 Å². The fraction of sp³-hybridized carbons (Fsp3) is 0.100. The number of nitrogens with zero attached hydrogens (tertiary/aromatic N) is 2. The van der Waals surface area contributed by atoms with Gasteiger partial charge in [0.15, 0.2) is 0 Å². The minimum Gasteiger partial charge on any atom is -0.493 e. The molecule has 1 aromatic carbocycles. The standard InChI is InChI=1S/C10H7F3N2O/c11-10(12,13)7-1-3-8(4-2-7)15-9(16)5-6-14-15/h1-6,16H. The summed E-state index contributed by atoms with van der Waals surface area (Å²) in [5.41, 5.74) is -0.363. The largest absolute Gasteiger partial charge is 0.493 e. The highest BCUT2D eigenvalue weighted by molar-refractivity contribution is 5.37. The van der Waals surface area contributed by atoms with Crippen molar-refractivity contribution in [1.29, 1.82) is 0 Å². The average Bonchev–Trinajstić information content (AvgIpc) is 2.63. The number of alkyl halides is 3. The maximum Gasteiger partial charge on any atom is 0.416 e. The summed E-state index contributed by atoms with van der Waals surface area (Å²) in [5.74, 6) is -0.125. The summed E-state index contributed by atoms with van der Waals surface area (Å²) in [6.07, 6.45) is -3.00. The predicted molar refractivity (Wildman–Crippen MR) is 50.2 cm³/mol. The molecule has 0 aliphatic heterocycles. The van der Waals surface area contributed by atoms with Crippen LogP contribution in [0.4, 0.5) is 13.2 Å². The first kappa shape index (κ1) is 10.5. The van der Waals surface area contributed by atoms with Crippen molar-refractivity contribution >= 4 is 0 Å². The Bertz CT molecular complexity index is 488. The number of aromatic nitrogens is 2. The van der Waals surface area contributed by atoms with Gasteiger partial charge in [0.05, 0.1) is 17.4 Å². The van der Waals surface area contributed by atoms with Crippen LogP contribution in [-0.2, 0) is 6.18 Å². The zero-order valence-corrected chi connectivity index (χ0v) is 7.94. The molecule has 0 saturated heterocycles. The zero-order chi connectivity index (χ0) is 11.8. The second-order valence-corrected chi connectivity index (χ2v) is 3.15. The van der Waals surface area contributed by atoms with Gasteiger partial charge in [-0.3, -0.25) is 0 Å². The molecule has 3 nitrogen and oxygen atoms in total. The summed E-state index contributed by atoms with van der Waals surface area (Å²) >= 11 is 0. The quantitative estimate of drug-likeness (QED) is 0.814. The van der Waals surface area contributed by atoms with E-state index < -0.39 is 11.7 Å². The van der Waals surface area contributed by atoms with Gasteiger partial charge < -0.3 is 5.11 Å². The van der Waals surface area contributed by atoms with Crippen molar-refractivity contribution in [3.8, 4) is 11.6 Å². The third kappa shape index (κ3) is 1.86. The second-order valence-electron chi connectivity index (χ2n) is 3.15. The molecule has 0 fully saturated rings. The Hall–Kier alpha value is -1.98. The van der Waals surface area contributed by atoms with Crippen molar-refractivity contribution in [3.63, 3.8) is 0 Å². The van der Waals surface area contributed by atoms with Crippen molar-refractivity contribution in [3.05, 3.63) is 42.1 Å². The molecule has 0 aliphatic carbocycles. The van der Waals surface area contributed by atoms with Crippen LogP contribution in [0.3, 0.4) is 0 Å². The van der Waals surface area contributed by atoms with E-state index in [1.165, 1.54) is 24.4 Å². The predicted octanol–water partition coefficient (Wildman–Crippen LogP) is 2.60. The lowest BCUT2D eigenvalue weighted by Crippen LogP contribution is -2.05. The number of hydrogen-bond donors (Lipinski definition) is 1. The highest BCUT2D eigenvalue weighted by Crippen LogP contribution is 2.29. The van der Waals surface area contributed by atoms with Gasteiger partial charge >= 0.3 is 6.18 Å². The molecule has 84 valence electrons. The van der Waals surface area contributed by atoms with Crippen LogP contribution in [0.15, 0.2) is 36.5 Å². The highest BCUT2D eigenvalue weighted by Gasteiger charge is 2.30. The molecular weight excluding hydrogens is 221 g/mol. The normalized spacial score (nSPS) is 11.7. The smallest absolute Gasteiger partial charge is 0.416 e. The molecule has 6 heteroatoms. The minimum atomic E-state index is -4.36. The molecule has 0 radical (unpaired) electrons. The van der Waals surface area contributed by atoms with Gasteiger partial charge in [-0.05, 0) is 24.3 Å². The summed E-state index contributed by atoms with van der Waals surface area (Å²) in [4.78, 5) is 0. The molecule has 0 bridgehead atoms. The van der Waals surface area contributed by atoms with Gasteiger partial charge in [0.1, 0.15) is 0 Å². The van der Waals surface area contributed by atoms with E-state index in [0.29, 0.717) is 5.69 Å². The number of benzene rings is 1. The van der Waals surface area contributed by atoms with E-state index in [1.54, 1.807) is 0 Å². The molecule has 0 aliphatic rings. The van der Waals surface area contributed by atoms with Crippen LogP contribution in [0.5, 0.6) is 5.88 Å². The van der Waals surface area contributed by atoms with Crippen molar-refractivity contribution in [2.24, 2.45) is 0 Å². The SMILES string of the molecule is Oc1ccnn1-c1ccc(C(F)(F)F)cc1. The molecule has 0 spiro atoms. The Morgan fingerprint density at radius 2 is 1.69 bits per heavy atom. The Kier molecular flexibility index (Phi) is 2.34. The van der Waals surface area contributed by atoms with E-state index in [4.69, 9.17) is 0 Å². The molecule has 1 N–H and O–H groups in total. The molecule has 16 heavy (non-hydrogen) atoms. The first-order chi connectivity index (χ1) is 7.48. The molecule has 2 aromatic rings. The summed E-state index contributed by atoms with van der Waals surface area (Å²) in [6, 6.07) is 5.72. The molecule has 2 rings (SSSR count). The van der Waals surface area contributed by atoms with Crippen molar-refractivity contribution in [1.82, 2.24) is 9.78 Å². The zero-order valence-electron chi connectivity index (χ0n) is 7.94. The third-order valence-electron chi connectivity index (χ3n) is 2.06. The van der Waals surface area contributed by atoms with Crippen LogP contribution in [0, 0.1) is 0 Å². The van der Waals surface area contributed by atoms with Crippen LogP contribution >= 0.6 is 0 Å². The van der Waals surface area contributed by atoms with Gasteiger partial charge in [0, 0.05) is 6.07 Å². The topological polar surface area (TPSA) is 38.1 Å². The summed E-state index contributed by atoms with van der Waals surface area (Å²) in [7, 11) is 0.